The molecule has 0 saturated heterocycles. The summed E-state index contributed by atoms with van der Waals surface area (Å²) in [7, 11) is 0. The second-order valence-corrected chi connectivity index (χ2v) is 10.8. The zero-order valence-electron chi connectivity index (χ0n) is 13.3. The third-order valence-electron chi connectivity index (χ3n) is 6.15. The third kappa shape index (κ3) is 2.23. The molecule has 4 aliphatic rings. The van der Waals surface area contributed by atoms with E-state index in [9.17, 15) is 0 Å². The Hall–Kier alpha value is 0.0400. The second kappa shape index (κ2) is 4.53. The standard InChI is InChI=1S/C17H25BrN2S/c1-4-12(18)13-19-20-14(21-13)17-7-11-5-15(2,9-17)8-16(3,6-11)10-17/h11-12H,4-10H2,1-3H3. The number of alkyl halides is 1. The molecule has 4 aliphatic carbocycles. The van der Waals surface area contributed by atoms with Gasteiger partial charge in [0.15, 0.2) is 0 Å². The number of aromatic nitrogens is 2. The minimum absolute atomic E-state index is 0.347. The molecule has 0 N–H and O–H groups in total. The van der Waals surface area contributed by atoms with Crippen molar-refractivity contribution in [1.29, 1.82) is 0 Å². The highest BCUT2D eigenvalue weighted by molar-refractivity contribution is 9.09. The maximum atomic E-state index is 4.68. The summed E-state index contributed by atoms with van der Waals surface area (Å²) in [5, 5.41) is 11.7. The van der Waals surface area contributed by atoms with Gasteiger partial charge in [0, 0.05) is 5.41 Å². The van der Waals surface area contributed by atoms with Crippen LogP contribution >= 0.6 is 27.3 Å². The Morgan fingerprint density at radius 2 is 1.81 bits per heavy atom. The molecule has 2 nitrogen and oxygen atoms in total. The molecule has 0 radical (unpaired) electrons. The van der Waals surface area contributed by atoms with E-state index in [1.54, 1.807) is 0 Å². The Labute approximate surface area is 140 Å². The third-order valence-corrected chi connectivity index (χ3v) is 8.81. The zero-order valence-corrected chi connectivity index (χ0v) is 15.7. The van der Waals surface area contributed by atoms with E-state index in [1.807, 2.05) is 11.3 Å². The number of nitrogens with zero attached hydrogens (tertiary/aromatic N) is 2. The first-order chi connectivity index (χ1) is 9.85. The summed E-state index contributed by atoms with van der Waals surface area (Å²) in [6.07, 6.45) is 9.48. The van der Waals surface area contributed by atoms with E-state index < -0.39 is 0 Å². The SMILES string of the molecule is CCC(Br)c1nnc(C23CC4CC(C)(CC(C)(C4)C2)C3)s1. The number of hydrogen-bond acceptors (Lipinski definition) is 3. The average Bonchev–Trinajstić information content (AvgIpc) is 2.83. The molecule has 116 valence electrons. The Balaban J connectivity index is 1.72. The maximum Gasteiger partial charge on any atom is 0.131 e. The van der Waals surface area contributed by atoms with Gasteiger partial charge in [0.05, 0.1) is 4.83 Å². The zero-order chi connectivity index (χ0) is 14.9. The molecule has 4 saturated carbocycles. The fourth-order valence-corrected chi connectivity index (χ4v) is 7.91. The number of rotatable bonds is 3. The van der Waals surface area contributed by atoms with E-state index in [1.165, 1.54) is 48.5 Å². The van der Waals surface area contributed by atoms with Crippen molar-refractivity contribution < 1.29 is 0 Å². The molecule has 5 rings (SSSR count). The molecule has 1 heterocycles. The van der Waals surface area contributed by atoms with Crippen LogP contribution in [0.2, 0.25) is 0 Å². The lowest BCUT2D eigenvalue weighted by Gasteiger charge is -2.64. The predicted molar refractivity (Wildman–Crippen MR) is 91.0 cm³/mol. The Morgan fingerprint density at radius 3 is 2.38 bits per heavy atom. The van der Waals surface area contributed by atoms with Gasteiger partial charge in [-0.05, 0) is 61.7 Å². The molecule has 1 aromatic heterocycles. The lowest BCUT2D eigenvalue weighted by Crippen LogP contribution is -2.56. The van der Waals surface area contributed by atoms with Crippen molar-refractivity contribution in [1.82, 2.24) is 10.2 Å². The topological polar surface area (TPSA) is 25.8 Å². The highest BCUT2D eigenvalue weighted by atomic mass is 79.9. The van der Waals surface area contributed by atoms with Gasteiger partial charge in [0.1, 0.15) is 10.0 Å². The van der Waals surface area contributed by atoms with Crippen LogP contribution in [0.15, 0.2) is 0 Å². The largest absolute Gasteiger partial charge is 0.143 e. The van der Waals surface area contributed by atoms with Gasteiger partial charge in [-0.15, -0.1) is 10.2 Å². The quantitative estimate of drug-likeness (QED) is 0.645. The van der Waals surface area contributed by atoms with Crippen LogP contribution in [0.1, 0.15) is 80.6 Å². The predicted octanol–water partition coefficient (Wildman–Crippen LogP) is 5.63. The minimum atomic E-state index is 0.347. The van der Waals surface area contributed by atoms with Crippen LogP contribution in [0, 0.1) is 16.7 Å². The molecule has 21 heavy (non-hydrogen) atoms. The fourth-order valence-electron chi connectivity index (χ4n) is 6.44. The molecule has 1 aromatic rings. The molecule has 0 aliphatic heterocycles. The Kier molecular flexibility index (Phi) is 3.15. The molecule has 0 aromatic carbocycles. The smallest absolute Gasteiger partial charge is 0.131 e. The van der Waals surface area contributed by atoms with Crippen LogP contribution < -0.4 is 0 Å². The monoisotopic (exact) mass is 368 g/mol. The second-order valence-electron chi connectivity index (χ2n) is 8.73. The highest BCUT2D eigenvalue weighted by Crippen LogP contribution is 2.70. The molecule has 3 unspecified atom stereocenters. The summed E-state index contributed by atoms with van der Waals surface area (Å²) in [6, 6.07) is 0. The van der Waals surface area contributed by atoms with Gasteiger partial charge in [-0.1, -0.05) is 48.0 Å². The Bertz CT molecular complexity index is 551. The van der Waals surface area contributed by atoms with E-state index in [4.69, 9.17) is 0 Å². The van der Waals surface area contributed by atoms with Gasteiger partial charge >= 0.3 is 0 Å². The summed E-state index contributed by atoms with van der Waals surface area (Å²) in [5.41, 5.74) is 1.45. The highest BCUT2D eigenvalue weighted by Gasteiger charge is 2.61. The van der Waals surface area contributed by atoms with Crippen molar-refractivity contribution >= 4 is 27.3 Å². The lowest BCUT2D eigenvalue weighted by molar-refractivity contribution is -0.110. The van der Waals surface area contributed by atoms with Crippen molar-refractivity contribution in [3.8, 4) is 0 Å². The Morgan fingerprint density at radius 1 is 1.14 bits per heavy atom. The van der Waals surface area contributed by atoms with Gasteiger partial charge in [-0.3, -0.25) is 0 Å². The van der Waals surface area contributed by atoms with Crippen LogP contribution in [0.25, 0.3) is 0 Å². The van der Waals surface area contributed by atoms with Gasteiger partial charge in [0.25, 0.3) is 0 Å². The molecule has 4 fully saturated rings. The van der Waals surface area contributed by atoms with Crippen LogP contribution in [0.3, 0.4) is 0 Å². The molecule has 3 atom stereocenters. The minimum Gasteiger partial charge on any atom is -0.143 e. The summed E-state index contributed by atoms with van der Waals surface area (Å²) < 4.78 is 0. The van der Waals surface area contributed by atoms with E-state index >= 15 is 0 Å². The molecule has 0 spiro atoms. The van der Waals surface area contributed by atoms with Crippen LogP contribution in [0.5, 0.6) is 0 Å². The van der Waals surface area contributed by atoms with E-state index in [0.717, 1.165) is 12.3 Å². The average molecular weight is 369 g/mol. The van der Waals surface area contributed by atoms with E-state index in [0.29, 0.717) is 21.1 Å². The van der Waals surface area contributed by atoms with Crippen molar-refractivity contribution in [2.75, 3.05) is 0 Å². The van der Waals surface area contributed by atoms with Crippen LogP contribution in [-0.2, 0) is 5.41 Å². The molecule has 0 amide bonds. The first kappa shape index (κ1) is 14.6. The summed E-state index contributed by atoms with van der Waals surface area (Å²) in [4.78, 5) is 0.379. The van der Waals surface area contributed by atoms with Gasteiger partial charge in [-0.25, -0.2) is 0 Å². The van der Waals surface area contributed by atoms with Crippen molar-refractivity contribution in [2.24, 2.45) is 16.7 Å². The lowest BCUT2D eigenvalue weighted by atomic mass is 9.40. The molecular weight excluding hydrogens is 344 g/mol. The van der Waals surface area contributed by atoms with Gasteiger partial charge in [0.2, 0.25) is 0 Å². The molecule has 4 bridgehead atoms. The van der Waals surface area contributed by atoms with Crippen molar-refractivity contribution in [3.05, 3.63) is 10.0 Å². The number of halogens is 1. The van der Waals surface area contributed by atoms with E-state index in [-0.39, 0.29) is 0 Å². The maximum absolute atomic E-state index is 4.68. The molecular formula is C17H25BrN2S. The summed E-state index contributed by atoms with van der Waals surface area (Å²) in [6.45, 7) is 7.27. The van der Waals surface area contributed by atoms with E-state index in [2.05, 4.69) is 46.9 Å². The van der Waals surface area contributed by atoms with Crippen molar-refractivity contribution in [3.63, 3.8) is 0 Å². The van der Waals surface area contributed by atoms with Crippen molar-refractivity contribution in [2.45, 2.75) is 76.0 Å². The molecule has 4 heteroatoms. The summed E-state index contributed by atoms with van der Waals surface area (Å²) in [5.74, 6) is 0.926. The van der Waals surface area contributed by atoms with Gasteiger partial charge < -0.3 is 0 Å². The first-order valence-electron chi connectivity index (χ1n) is 8.33. The van der Waals surface area contributed by atoms with Gasteiger partial charge in [-0.2, -0.15) is 0 Å². The summed E-state index contributed by atoms with van der Waals surface area (Å²) >= 11 is 5.62. The van der Waals surface area contributed by atoms with Crippen LogP contribution in [0.4, 0.5) is 0 Å². The fraction of sp³-hybridized carbons (Fsp3) is 0.882. The first-order valence-corrected chi connectivity index (χ1v) is 10.1. The number of hydrogen-bond donors (Lipinski definition) is 0. The van der Waals surface area contributed by atoms with Crippen LogP contribution in [-0.4, -0.2) is 10.2 Å². The normalized spacial score (nSPS) is 46.0.